The standard InChI is InChI=1S/C16H19BrN2/c1-11-4-5-12(2)14(8-11)6-7-18-16-13(3)9-15(17)10-19-16/h4-5,8-10H,6-7H2,1-3H3,(H,18,19). The summed E-state index contributed by atoms with van der Waals surface area (Å²) in [5, 5.41) is 3.40. The topological polar surface area (TPSA) is 24.9 Å². The number of hydrogen-bond donors (Lipinski definition) is 1. The van der Waals surface area contributed by atoms with Gasteiger partial charge >= 0.3 is 0 Å². The van der Waals surface area contributed by atoms with Crippen molar-refractivity contribution in [1.29, 1.82) is 0 Å². The van der Waals surface area contributed by atoms with Crippen LogP contribution in [0.1, 0.15) is 22.3 Å². The van der Waals surface area contributed by atoms with Crippen LogP contribution in [0, 0.1) is 20.8 Å². The summed E-state index contributed by atoms with van der Waals surface area (Å²) >= 11 is 3.43. The summed E-state index contributed by atoms with van der Waals surface area (Å²) < 4.78 is 1.02. The molecule has 0 aliphatic rings. The molecule has 0 spiro atoms. The highest BCUT2D eigenvalue weighted by Crippen LogP contribution is 2.17. The van der Waals surface area contributed by atoms with E-state index in [2.05, 4.69) is 71.3 Å². The van der Waals surface area contributed by atoms with Crippen LogP contribution < -0.4 is 5.32 Å². The van der Waals surface area contributed by atoms with Crippen molar-refractivity contribution in [1.82, 2.24) is 4.98 Å². The number of aryl methyl sites for hydroxylation is 3. The van der Waals surface area contributed by atoms with Crippen LogP contribution in [0.25, 0.3) is 0 Å². The highest BCUT2D eigenvalue weighted by atomic mass is 79.9. The van der Waals surface area contributed by atoms with E-state index in [0.29, 0.717) is 0 Å². The number of anilines is 1. The average molecular weight is 319 g/mol. The van der Waals surface area contributed by atoms with Crippen molar-refractivity contribution in [3.63, 3.8) is 0 Å². The molecule has 0 aliphatic carbocycles. The molecule has 0 amide bonds. The van der Waals surface area contributed by atoms with Gasteiger partial charge in [-0.3, -0.25) is 0 Å². The van der Waals surface area contributed by atoms with Crippen LogP contribution in [0.5, 0.6) is 0 Å². The highest BCUT2D eigenvalue weighted by molar-refractivity contribution is 9.10. The molecule has 0 fully saturated rings. The lowest BCUT2D eigenvalue weighted by Crippen LogP contribution is -2.08. The fourth-order valence-corrected chi connectivity index (χ4v) is 2.56. The Morgan fingerprint density at radius 2 is 1.89 bits per heavy atom. The van der Waals surface area contributed by atoms with Crippen molar-refractivity contribution in [3.05, 3.63) is 57.2 Å². The molecule has 1 aromatic carbocycles. The summed E-state index contributed by atoms with van der Waals surface area (Å²) in [7, 11) is 0. The minimum Gasteiger partial charge on any atom is -0.370 e. The number of rotatable bonds is 4. The molecule has 1 heterocycles. The van der Waals surface area contributed by atoms with E-state index in [1.54, 1.807) is 0 Å². The first-order chi connectivity index (χ1) is 9.06. The summed E-state index contributed by atoms with van der Waals surface area (Å²) in [5.41, 5.74) is 5.24. The molecule has 0 bridgehead atoms. The lowest BCUT2D eigenvalue weighted by molar-refractivity contribution is 0.986. The first kappa shape index (κ1) is 14.1. The Labute approximate surface area is 123 Å². The van der Waals surface area contributed by atoms with Gasteiger partial charge in [0.25, 0.3) is 0 Å². The number of nitrogens with one attached hydrogen (secondary N) is 1. The normalized spacial score (nSPS) is 10.5. The zero-order chi connectivity index (χ0) is 13.8. The molecule has 2 rings (SSSR count). The highest BCUT2D eigenvalue weighted by Gasteiger charge is 2.02. The van der Waals surface area contributed by atoms with Gasteiger partial charge in [-0.25, -0.2) is 4.98 Å². The Kier molecular flexibility index (Phi) is 4.59. The Morgan fingerprint density at radius 3 is 2.63 bits per heavy atom. The number of pyridine rings is 1. The quantitative estimate of drug-likeness (QED) is 0.902. The molecular weight excluding hydrogens is 300 g/mol. The van der Waals surface area contributed by atoms with E-state index < -0.39 is 0 Å². The van der Waals surface area contributed by atoms with Crippen molar-refractivity contribution in [2.45, 2.75) is 27.2 Å². The van der Waals surface area contributed by atoms with Gasteiger partial charge in [-0.05, 0) is 65.9 Å². The number of halogens is 1. The third-order valence-corrected chi connectivity index (χ3v) is 3.67. The molecule has 0 saturated carbocycles. The molecule has 1 N–H and O–H groups in total. The van der Waals surface area contributed by atoms with Gasteiger partial charge < -0.3 is 5.32 Å². The largest absolute Gasteiger partial charge is 0.370 e. The van der Waals surface area contributed by atoms with Crippen LogP contribution in [0.3, 0.4) is 0 Å². The number of nitrogens with zero attached hydrogens (tertiary/aromatic N) is 1. The molecule has 3 heteroatoms. The second-order valence-electron chi connectivity index (χ2n) is 4.93. The van der Waals surface area contributed by atoms with Gasteiger partial charge in [-0.2, -0.15) is 0 Å². The minimum atomic E-state index is 0.903. The summed E-state index contributed by atoms with van der Waals surface area (Å²) in [6.07, 6.45) is 2.85. The molecule has 0 radical (unpaired) electrons. The zero-order valence-corrected chi connectivity index (χ0v) is 13.2. The maximum absolute atomic E-state index is 4.39. The van der Waals surface area contributed by atoms with Gasteiger partial charge in [0.15, 0.2) is 0 Å². The minimum absolute atomic E-state index is 0.903. The van der Waals surface area contributed by atoms with Gasteiger partial charge in [0.1, 0.15) is 5.82 Å². The zero-order valence-electron chi connectivity index (χ0n) is 11.6. The first-order valence-corrected chi connectivity index (χ1v) is 7.27. The van der Waals surface area contributed by atoms with E-state index >= 15 is 0 Å². The Hall–Kier alpha value is -1.35. The van der Waals surface area contributed by atoms with Crippen LogP contribution in [-0.2, 0) is 6.42 Å². The van der Waals surface area contributed by atoms with E-state index in [-0.39, 0.29) is 0 Å². The van der Waals surface area contributed by atoms with E-state index in [1.807, 2.05) is 6.20 Å². The van der Waals surface area contributed by atoms with Crippen molar-refractivity contribution < 1.29 is 0 Å². The van der Waals surface area contributed by atoms with Crippen molar-refractivity contribution in [3.8, 4) is 0 Å². The maximum atomic E-state index is 4.39. The van der Waals surface area contributed by atoms with Gasteiger partial charge in [-0.15, -0.1) is 0 Å². The van der Waals surface area contributed by atoms with Crippen molar-refractivity contribution in [2.24, 2.45) is 0 Å². The van der Waals surface area contributed by atoms with Gasteiger partial charge in [0.05, 0.1) is 0 Å². The predicted molar refractivity (Wildman–Crippen MR) is 84.8 cm³/mol. The Morgan fingerprint density at radius 1 is 1.11 bits per heavy atom. The van der Waals surface area contributed by atoms with E-state index in [9.17, 15) is 0 Å². The van der Waals surface area contributed by atoms with Crippen LogP contribution in [0.15, 0.2) is 34.9 Å². The molecule has 2 nitrogen and oxygen atoms in total. The summed E-state index contributed by atoms with van der Waals surface area (Å²) in [6.45, 7) is 7.27. The van der Waals surface area contributed by atoms with Gasteiger partial charge in [0, 0.05) is 17.2 Å². The molecule has 0 saturated heterocycles. The Bertz CT molecular complexity index is 579. The SMILES string of the molecule is Cc1ccc(C)c(CCNc2ncc(Br)cc2C)c1. The summed E-state index contributed by atoms with van der Waals surface area (Å²) in [5.74, 6) is 0.966. The number of hydrogen-bond acceptors (Lipinski definition) is 2. The second-order valence-corrected chi connectivity index (χ2v) is 5.84. The number of aromatic nitrogens is 1. The predicted octanol–water partition coefficient (Wildman–Crippen LogP) is 4.42. The van der Waals surface area contributed by atoms with E-state index in [1.165, 1.54) is 16.7 Å². The lowest BCUT2D eigenvalue weighted by atomic mass is 10.0. The van der Waals surface area contributed by atoms with Crippen molar-refractivity contribution in [2.75, 3.05) is 11.9 Å². The first-order valence-electron chi connectivity index (χ1n) is 6.48. The molecule has 19 heavy (non-hydrogen) atoms. The molecule has 2 aromatic rings. The molecule has 0 unspecified atom stereocenters. The lowest BCUT2D eigenvalue weighted by Gasteiger charge is -2.10. The molecular formula is C16H19BrN2. The smallest absolute Gasteiger partial charge is 0.128 e. The third-order valence-electron chi connectivity index (χ3n) is 3.24. The average Bonchev–Trinajstić information content (AvgIpc) is 2.36. The van der Waals surface area contributed by atoms with Crippen LogP contribution in [-0.4, -0.2) is 11.5 Å². The van der Waals surface area contributed by atoms with Crippen LogP contribution >= 0.6 is 15.9 Å². The fourth-order valence-electron chi connectivity index (χ4n) is 2.11. The van der Waals surface area contributed by atoms with Gasteiger partial charge in [-0.1, -0.05) is 23.8 Å². The van der Waals surface area contributed by atoms with Gasteiger partial charge in [0.2, 0.25) is 0 Å². The van der Waals surface area contributed by atoms with E-state index in [4.69, 9.17) is 0 Å². The monoisotopic (exact) mass is 318 g/mol. The molecule has 0 aliphatic heterocycles. The van der Waals surface area contributed by atoms with Crippen LogP contribution in [0.2, 0.25) is 0 Å². The Balaban J connectivity index is 1.98. The van der Waals surface area contributed by atoms with E-state index in [0.717, 1.165) is 28.8 Å². The molecule has 0 atom stereocenters. The summed E-state index contributed by atoms with van der Waals surface area (Å²) in [6, 6.07) is 8.69. The second kappa shape index (κ2) is 6.20. The summed E-state index contributed by atoms with van der Waals surface area (Å²) in [4.78, 5) is 4.39. The molecule has 100 valence electrons. The van der Waals surface area contributed by atoms with Crippen LogP contribution in [0.4, 0.5) is 5.82 Å². The van der Waals surface area contributed by atoms with Crippen molar-refractivity contribution >= 4 is 21.7 Å². The maximum Gasteiger partial charge on any atom is 0.128 e. The molecule has 1 aromatic heterocycles. The third kappa shape index (κ3) is 3.80. The number of benzene rings is 1. The fraction of sp³-hybridized carbons (Fsp3) is 0.312.